The Morgan fingerprint density at radius 2 is 1.21 bits per heavy atom. The van der Waals surface area contributed by atoms with E-state index < -0.39 is 0 Å². The Labute approximate surface area is 161 Å². The maximum atomic E-state index is 6.21. The van der Waals surface area contributed by atoms with E-state index in [4.69, 9.17) is 8.83 Å². The van der Waals surface area contributed by atoms with Gasteiger partial charge >= 0.3 is 0 Å². The molecule has 0 atom stereocenters. The van der Waals surface area contributed by atoms with Crippen LogP contribution in [-0.2, 0) is 0 Å². The minimum absolute atomic E-state index is 0.903. The van der Waals surface area contributed by atoms with Crippen molar-refractivity contribution in [1.29, 1.82) is 0 Å². The molecule has 0 radical (unpaired) electrons. The van der Waals surface area contributed by atoms with E-state index in [1.807, 2.05) is 42.5 Å². The quantitative estimate of drug-likeness (QED) is 0.324. The van der Waals surface area contributed by atoms with Crippen LogP contribution in [0.5, 0.6) is 0 Å². The van der Waals surface area contributed by atoms with E-state index in [-0.39, 0.29) is 0 Å². The van der Waals surface area contributed by atoms with Gasteiger partial charge in [-0.25, -0.2) is 0 Å². The van der Waals surface area contributed by atoms with Crippen molar-refractivity contribution in [2.75, 3.05) is 11.9 Å². The zero-order valence-corrected chi connectivity index (χ0v) is 15.3. The maximum Gasteiger partial charge on any atom is 0.159 e. The molecular weight excluding hydrogens is 346 g/mol. The summed E-state index contributed by atoms with van der Waals surface area (Å²) in [5, 5.41) is 4.53. The summed E-state index contributed by atoms with van der Waals surface area (Å²) < 4.78 is 12.2. The third-order valence-corrected chi connectivity index (χ3v) is 5.49. The molecule has 0 saturated heterocycles. The molecule has 0 bridgehead atoms. The molecule has 134 valence electrons. The molecule has 2 heterocycles. The van der Waals surface area contributed by atoms with Crippen molar-refractivity contribution in [2.24, 2.45) is 0 Å². The number of anilines is 2. The number of para-hydroxylation sites is 3. The highest BCUT2D eigenvalue weighted by Gasteiger charge is 2.15. The first-order valence-corrected chi connectivity index (χ1v) is 9.35. The van der Waals surface area contributed by atoms with Crippen LogP contribution in [0.2, 0.25) is 0 Å². The Bertz CT molecular complexity index is 1490. The number of fused-ring (bicyclic) bond motifs is 6. The van der Waals surface area contributed by atoms with Gasteiger partial charge in [0.2, 0.25) is 0 Å². The number of rotatable bonds is 2. The fourth-order valence-electron chi connectivity index (χ4n) is 4.06. The Kier molecular flexibility index (Phi) is 3.09. The number of nitrogens with zero attached hydrogens (tertiary/aromatic N) is 1. The van der Waals surface area contributed by atoms with Gasteiger partial charge in [0.15, 0.2) is 5.58 Å². The first kappa shape index (κ1) is 15.3. The zero-order chi connectivity index (χ0) is 18.7. The van der Waals surface area contributed by atoms with Crippen molar-refractivity contribution >= 4 is 55.3 Å². The number of benzene rings is 4. The highest BCUT2D eigenvalue weighted by molar-refractivity contribution is 6.10. The summed E-state index contributed by atoms with van der Waals surface area (Å²) in [5.41, 5.74) is 5.77. The topological polar surface area (TPSA) is 29.5 Å². The largest absolute Gasteiger partial charge is 0.456 e. The highest BCUT2D eigenvalue weighted by atomic mass is 16.3. The van der Waals surface area contributed by atoms with Gasteiger partial charge in [-0.3, -0.25) is 0 Å². The summed E-state index contributed by atoms with van der Waals surface area (Å²) in [4.78, 5) is 2.17. The van der Waals surface area contributed by atoms with Crippen LogP contribution in [0.1, 0.15) is 0 Å². The van der Waals surface area contributed by atoms with Gasteiger partial charge in [0, 0.05) is 34.3 Å². The molecule has 0 spiro atoms. The molecule has 0 N–H and O–H groups in total. The number of hydrogen-bond donors (Lipinski definition) is 0. The van der Waals surface area contributed by atoms with Crippen LogP contribution >= 0.6 is 0 Å². The molecule has 6 aromatic rings. The average molecular weight is 363 g/mol. The zero-order valence-electron chi connectivity index (χ0n) is 15.3. The van der Waals surface area contributed by atoms with Gasteiger partial charge in [0.05, 0.1) is 5.69 Å². The Morgan fingerprint density at radius 3 is 2.04 bits per heavy atom. The van der Waals surface area contributed by atoms with Crippen LogP contribution in [0.3, 0.4) is 0 Å². The molecule has 2 aromatic heterocycles. The summed E-state index contributed by atoms with van der Waals surface area (Å²) >= 11 is 0. The average Bonchev–Trinajstić information content (AvgIpc) is 3.31. The van der Waals surface area contributed by atoms with Gasteiger partial charge in [-0.15, -0.1) is 0 Å². The Morgan fingerprint density at radius 1 is 0.571 bits per heavy atom. The van der Waals surface area contributed by atoms with E-state index in [9.17, 15) is 0 Å². The predicted octanol–water partition coefficient (Wildman–Crippen LogP) is 7.25. The third kappa shape index (κ3) is 2.10. The second-order valence-corrected chi connectivity index (χ2v) is 7.09. The molecular formula is C25H17NO2. The van der Waals surface area contributed by atoms with Gasteiger partial charge in [-0.1, -0.05) is 48.5 Å². The molecule has 0 unspecified atom stereocenters. The van der Waals surface area contributed by atoms with Crippen molar-refractivity contribution in [3.05, 3.63) is 84.9 Å². The molecule has 0 aliphatic rings. The predicted molar refractivity (Wildman–Crippen MR) is 116 cm³/mol. The molecule has 0 aliphatic carbocycles. The molecule has 0 amide bonds. The van der Waals surface area contributed by atoms with E-state index in [0.29, 0.717) is 0 Å². The Balaban J connectivity index is 1.56. The summed E-state index contributed by atoms with van der Waals surface area (Å²) in [6.45, 7) is 0. The highest BCUT2D eigenvalue weighted by Crippen LogP contribution is 2.38. The molecule has 3 heteroatoms. The number of furan rings is 2. The van der Waals surface area contributed by atoms with Crippen LogP contribution in [0.15, 0.2) is 93.8 Å². The van der Waals surface area contributed by atoms with Crippen LogP contribution in [-0.4, -0.2) is 7.05 Å². The number of hydrogen-bond acceptors (Lipinski definition) is 3. The van der Waals surface area contributed by atoms with Crippen LogP contribution in [0.4, 0.5) is 11.4 Å². The van der Waals surface area contributed by atoms with Gasteiger partial charge in [0.1, 0.15) is 16.7 Å². The van der Waals surface area contributed by atoms with E-state index in [1.165, 1.54) is 0 Å². The first-order chi connectivity index (χ1) is 13.8. The van der Waals surface area contributed by atoms with Crippen LogP contribution in [0.25, 0.3) is 43.9 Å². The molecule has 4 aromatic carbocycles. The van der Waals surface area contributed by atoms with E-state index in [1.54, 1.807) is 0 Å². The monoisotopic (exact) mass is 363 g/mol. The standard InChI is InChI=1S/C25H17NO2/c1-26(16-13-14-24-20(15-16)18-8-3-4-11-22(18)27-24)21-10-6-9-19-17-7-2-5-12-23(17)28-25(19)21/h2-15H,1H3. The summed E-state index contributed by atoms with van der Waals surface area (Å²) in [6.07, 6.45) is 0. The third-order valence-electron chi connectivity index (χ3n) is 5.49. The van der Waals surface area contributed by atoms with Crippen molar-refractivity contribution in [3.8, 4) is 0 Å². The summed E-state index contributed by atoms with van der Waals surface area (Å²) in [5.74, 6) is 0. The van der Waals surface area contributed by atoms with Gasteiger partial charge in [-0.05, 0) is 36.4 Å². The first-order valence-electron chi connectivity index (χ1n) is 9.35. The van der Waals surface area contributed by atoms with Crippen molar-refractivity contribution < 1.29 is 8.83 Å². The van der Waals surface area contributed by atoms with Crippen LogP contribution in [0, 0.1) is 0 Å². The lowest BCUT2D eigenvalue weighted by Crippen LogP contribution is -2.09. The fourth-order valence-corrected chi connectivity index (χ4v) is 4.06. The van der Waals surface area contributed by atoms with E-state index in [2.05, 4.69) is 54.4 Å². The summed E-state index contributed by atoms with van der Waals surface area (Å²) in [6, 6.07) is 28.9. The van der Waals surface area contributed by atoms with Crippen molar-refractivity contribution in [2.45, 2.75) is 0 Å². The van der Waals surface area contributed by atoms with Crippen molar-refractivity contribution in [3.63, 3.8) is 0 Å². The SMILES string of the molecule is CN(c1ccc2oc3ccccc3c2c1)c1cccc2c1oc1ccccc12. The maximum absolute atomic E-state index is 6.21. The normalized spacial score (nSPS) is 11.8. The molecule has 0 fully saturated rings. The van der Waals surface area contributed by atoms with Gasteiger partial charge in [-0.2, -0.15) is 0 Å². The lowest BCUT2D eigenvalue weighted by atomic mass is 10.1. The Hall–Kier alpha value is -3.72. The second kappa shape index (κ2) is 5.64. The van der Waals surface area contributed by atoms with E-state index >= 15 is 0 Å². The van der Waals surface area contributed by atoms with Crippen LogP contribution < -0.4 is 4.90 Å². The van der Waals surface area contributed by atoms with Gasteiger partial charge < -0.3 is 13.7 Å². The lowest BCUT2D eigenvalue weighted by Gasteiger charge is -2.19. The van der Waals surface area contributed by atoms with E-state index in [0.717, 1.165) is 55.3 Å². The molecule has 28 heavy (non-hydrogen) atoms. The molecule has 0 aliphatic heterocycles. The second-order valence-electron chi connectivity index (χ2n) is 7.09. The summed E-state index contributed by atoms with van der Waals surface area (Å²) in [7, 11) is 2.07. The van der Waals surface area contributed by atoms with Crippen molar-refractivity contribution in [1.82, 2.24) is 0 Å². The minimum atomic E-state index is 0.903. The fraction of sp³-hybridized carbons (Fsp3) is 0.0400. The smallest absolute Gasteiger partial charge is 0.159 e. The lowest BCUT2D eigenvalue weighted by molar-refractivity contribution is 0.668. The minimum Gasteiger partial charge on any atom is -0.456 e. The molecule has 6 rings (SSSR count). The van der Waals surface area contributed by atoms with Gasteiger partial charge in [0.25, 0.3) is 0 Å². The molecule has 0 saturated carbocycles. The molecule has 3 nitrogen and oxygen atoms in total.